The molecule has 0 aromatic heterocycles. The van der Waals surface area contributed by atoms with Crippen molar-refractivity contribution in [2.75, 3.05) is 0 Å². The van der Waals surface area contributed by atoms with Gasteiger partial charge in [-0.05, 0) is 85.0 Å². The SMILES string of the molecule is CCCC1CCC(c2ccc(-c3ccc(C4(CCC)CC[SiH2]CC4)cc3)c(F)c2)CC1. The molecule has 31 heavy (non-hydrogen) atoms. The topological polar surface area (TPSA) is 0 Å². The molecular formula is C29H41FSi. The van der Waals surface area contributed by atoms with E-state index in [9.17, 15) is 0 Å². The van der Waals surface area contributed by atoms with E-state index in [1.165, 1.54) is 87.4 Å². The molecule has 2 fully saturated rings. The third-order valence-corrected chi connectivity index (χ3v) is 10.1. The highest BCUT2D eigenvalue weighted by molar-refractivity contribution is 6.35. The summed E-state index contributed by atoms with van der Waals surface area (Å²) in [4.78, 5) is 0. The molecule has 1 heterocycles. The van der Waals surface area contributed by atoms with Crippen LogP contribution in [0.5, 0.6) is 0 Å². The first-order valence-corrected chi connectivity index (χ1v) is 15.1. The highest BCUT2D eigenvalue weighted by Gasteiger charge is 2.33. The van der Waals surface area contributed by atoms with Crippen LogP contribution in [0.4, 0.5) is 4.39 Å². The molecule has 0 nitrogen and oxygen atoms in total. The van der Waals surface area contributed by atoms with Gasteiger partial charge in [0.25, 0.3) is 0 Å². The molecule has 2 heteroatoms. The Morgan fingerprint density at radius 1 is 0.903 bits per heavy atom. The number of hydrogen-bond acceptors (Lipinski definition) is 0. The summed E-state index contributed by atoms with van der Waals surface area (Å²) in [5.74, 6) is 1.39. The lowest BCUT2D eigenvalue weighted by Gasteiger charge is -2.38. The summed E-state index contributed by atoms with van der Waals surface area (Å²) in [5.41, 5.74) is 4.87. The van der Waals surface area contributed by atoms with E-state index in [0.717, 1.165) is 17.0 Å². The van der Waals surface area contributed by atoms with Gasteiger partial charge in [0.2, 0.25) is 0 Å². The number of benzene rings is 2. The van der Waals surface area contributed by atoms with Gasteiger partial charge in [0.05, 0.1) is 0 Å². The molecule has 0 spiro atoms. The van der Waals surface area contributed by atoms with Gasteiger partial charge in [0, 0.05) is 15.1 Å². The van der Waals surface area contributed by atoms with Gasteiger partial charge >= 0.3 is 0 Å². The fourth-order valence-electron chi connectivity index (χ4n) is 6.61. The number of rotatable bonds is 7. The molecule has 0 atom stereocenters. The Balaban J connectivity index is 1.48. The van der Waals surface area contributed by atoms with Crippen molar-refractivity contribution in [1.82, 2.24) is 0 Å². The van der Waals surface area contributed by atoms with Gasteiger partial charge in [0.1, 0.15) is 5.82 Å². The van der Waals surface area contributed by atoms with Crippen LogP contribution in [0.2, 0.25) is 12.1 Å². The summed E-state index contributed by atoms with van der Waals surface area (Å²) in [6.45, 7) is 4.60. The largest absolute Gasteiger partial charge is 0.206 e. The maximum absolute atomic E-state index is 15.1. The molecule has 1 aliphatic carbocycles. The highest BCUT2D eigenvalue weighted by atomic mass is 28.2. The number of hydrogen-bond donors (Lipinski definition) is 0. The molecule has 1 saturated carbocycles. The lowest BCUT2D eigenvalue weighted by atomic mass is 9.72. The van der Waals surface area contributed by atoms with Crippen molar-refractivity contribution in [2.24, 2.45) is 5.92 Å². The van der Waals surface area contributed by atoms with Gasteiger partial charge in [-0.25, -0.2) is 4.39 Å². The Morgan fingerprint density at radius 3 is 2.23 bits per heavy atom. The van der Waals surface area contributed by atoms with E-state index in [1.54, 1.807) is 0 Å². The molecule has 0 amide bonds. The third-order valence-electron chi connectivity index (χ3n) is 8.36. The zero-order valence-corrected chi connectivity index (χ0v) is 21.2. The molecule has 0 radical (unpaired) electrons. The van der Waals surface area contributed by atoms with E-state index in [2.05, 4.69) is 44.2 Å². The van der Waals surface area contributed by atoms with Crippen molar-refractivity contribution in [3.05, 3.63) is 59.4 Å². The zero-order chi connectivity index (χ0) is 21.7. The van der Waals surface area contributed by atoms with Crippen molar-refractivity contribution in [3.8, 4) is 11.1 Å². The minimum Gasteiger partial charge on any atom is -0.206 e. The van der Waals surface area contributed by atoms with E-state index in [-0.39, 0.29) is 15.3 Å². The monoisotopic (exact) mass is 436 g/mol. The van der Waals surface area contributed by atoms with E-state index >= 15 is 4.39 Å². The first-order chi connectivity index (χ1) is 15.1. The van der Waals surface area contributed by atoms with Gasteiger partial charge in [-0.15, -0.1) is 0 Å². The molecule has 2 aromatic rings. The van der Waals surface area contributed by atoms with Crippen LogP contribution in [-0.2, 0) is 5.41 Å². The van der Waals surface area contributed by atoms with Gasteiger partial charge in [-0.1, -0.05) is 81.6 Å². The predicted molar refractivity (Wildman–Crippen MR) is 135 cm³/mol. The smallest absolute Gasteiger partial charge is 0.131 e. The van der Waals surface area contributed by atoms with Crippen LogP contribution in [0.1, 0.15) is 95.1 Å². The Morgan fingerprint density at radius 2 is 1.61 bits per heavy atom. The second kappa shape index (κ2) is 10.5. The van der Waals surface area contributed by atoms with E-state index in [4.69, 9.17) is 0 Å². The lowest BCUT2D eigenvalue weighted by Crippen LogP contribution is -2.30. The normalized spacial score (nSPS) is 27.5. The second-order valence-corrected chi connectivity index (χ2v) is 12.5. The van der Waals surface area contributed by atoms with E-state index < -0.39 is 0 Å². The quantitative estimate of drug-likeness (QED) is 0.382. The molecule has 0 bridgehead atoms. The van der Waals surface area contributed by atoms with E-state index in [1.807, 2.05) is 12.1 Å². The molecule has 4 rings (SSSR count). The summed E-state index contributed by atoms with van der Waals surface area (Å²) in [7, 11) is 0.195. The second-order valence-electron chi connectivity index (χ2n) is 10.4. The van der Waals surface area contributed by atoms with Crippen LogP contribution in [0.3, 0.4) is 0 Å². The molecule has 1 aliphatic heterocycles. The van der Waals surface area contributed by atoms with Gasteiger partial charge in [0.15, 0.2) is 0 Å². The van der Waals surface area contributed by atoms with Crippen molar-refractivity contribution in [2.45, 2.75) is 101 Å². The summed E-state index contributed by atoms with van der Waals surface area (Å²) in [6.07, 6.45) is 13.0. The van der Waals surface area contributed by atoms with Gasteiger partial charge < -0.3 is 0 Å². The maximum Gasteiger partial charge on any atom is 0.131 e. The average molecular weight is 437 g/mol. The average Bonchev–Trinajstić information content (AvgIpc) is 2.81. The standard InChI is InChI=1S/C29H41FSi/c1-3-5-22-6-8-23(9-7-22)25-12-15-27(28(30)21-25)24-10-13-26(14-11-24)29(16-4-2)17-19-31-20-18-29/h10-15,21-23H,3-9,16-20,31H2,1-2H3. The van der Waals surface area contributed by atoms with Gasteiger partial charge in [-0.3, -0.25) is 0 Å². The first kappa shape index (κ1) is 22.8. The zero-order valence-electron chi connectivity index (χ0n) is 19.8. The van der Waals surface area contributed by atoms with Crippen LogP contribution < -0.4 is 0 Å². The van der Waals surface area contributed by atoms with Crippen LogP contribution in [0.25, 0.3) is 11.1 Å². The molecule has 2 aliphatic rings. The number of halogens is 1. The van der Waals surface area contributed by atoms with Crippen molar-refractivity contribution in [1.29, 1.82) is 0 Å². The summed E-state index contributed by atoms with van der Waals surface area (Å²) in [6, 6.07) is 18.0. The highest BCUT2D eigenvalue weighted by Crippen LogP contribution is 2.43. The fraction of sp³-hybridized carbons (Fsp3) is 0.586. The Bertz CT molecular complexity index is 821. The van der Waals surface area contributed by atoms with Gasteiger partial charge in [-0.2, -0.15) is 0 Å². The van der Waals surface area contributed by atoms with Crippen LogP contribution >= 0.6 is 0 Å². The van der Waals surface area contributed by atoms with Crippen LogP contribution in [0.15, 0.2) is 42.5 Å². The molecular weight excluding hydrogens is 395 g/mol. The fourth-order valence-corrected chi connectivity index (χ4v) is 8.81. The Hall–Kier alpha value is -1.41. The molecule has 0 unspecified atom stereocenters. The van der Waals surface area contributed by atoms with Crippen LogP contribution in [0, 0.1) is 11.7 Å². The van der Waals surface area contributed by atoms with Crippen LogP contribution in [-0.4, -0.2) is 9.52 Å². The minimum atomic E-state index is -0.0483. The third kappa shape index (κ3) is 5.16. The minimum absolute atomic E-state index is 0.0483. The van der Waals surface area contributed by atoms with Crippen molar-refractivity contribution >= 4 is 9.52 Å². The molecule has 168 valence electrons. The van der Waals surface area contributed by atoms with Crippen molar-refractivity contribution in [3.63, 3.8) is 0 Å². The first-order valence-electron chi connectivity index (χ1n) is 13.1. The summed E-state index contributed by atoms with van der Waals surface area (Å²) >= 11 is 0. The molecule has 2 aromatic carbocycles. The molecule has 0 N–H and O–H groups in total. The summed E-state index contributed by atoms with van der Waals surface area (Å²) < 4.78 is 15.1. The maximum atomic E-state index is 15.1. The van der Waals surface area contributed by atoms with E-state index in [0.29, 0.717) is 11.3 Å². The molecule has 1 saturated heterocycles. The van der Waals surface area contributed by atoms with Crippen molar-refractivity contribution < 1.29 is 4.39 Å². The lowest BCUT2D eigenvalue weighted by molar-refractivity contribution is 0.308. The Labute approximate surface area is 191 Å². The predicted octanol–water partition coefficient (Wildman–Crippen LogP) is 8.40. The summed E-state index contributed by atoms with van der Waals surface area (Å²) in [5, 5.41) is 0. The Kier molecular flexibility index (Phi) is 7.69.